The van der Waals surface area contributed by atoms with E-state index < -0.39 is 0 Å². The lowest BCUT2D eigenvalue weighted by Crippen LogP contribution is -2.02. The van der Waals surface area contributed by atoms with Gasteiger partial charge in [-0.3, -0.25) is 0 Å². The molecule has 0 aromatic heterocycles. The van der Waals surface area contributed by atoms with Gasteiger partial charge in [-0.2, -0.15) is 0 Å². The van der Waals surface area contributed by atoms with Crippen LogP contribution in [0.3, 0.4) is 0 Å². The summed E-state index contributed by atoms with van der Waals surface area (Å²) < 4.78 is 12.8. The summed E-state index contributed by atoms with van der Waals surface area (Å²) in [5.41, 5.74) is 2.32. The number of aryl methyl sites for hydroxylation is 1. The molecule has 0 spiro atoms. The first-order valence-corrected chi connectivity index (χ1v) is 9.25. The Bertz CT molecular complexity index is 602. The predicted octanol–water partition coefficient (Wildman–Crippen LogP) is 5.99. The molecule has 2 rings (SSSR count). The Morgan fingerprint density at radius 1 is 1.00 bits per heavy atom. The Morgan fingerprint density at radius 3 is 2.48 bits per heavy atom. The normalized spacial score (nSPS) is 10.6. The molecule has 0 aliphatic rings. The monoisotopic (exact) mass is 396 g/mol. The van der Waals surface area contributed by atoms with Crippen molar-refractivity contribution in [1.82, 2.24) is 0 Å². The minimum Gasteiger partial charge on any atom is -0.493 e. The zero-order chi connectivity index (χ0) is 16.5. The molecule has 0 amide bonds. The molecular formula is C19H22BrClO2. The van der Waals surface area contributed by atoms with E-state index in [4.69, 9.17) is 21.1 Å². The highest BCUT2D eigenvalue weighted by atomic mass is 79.9. The van der Waals surface area contributed by atoms with Crippen molar-refractivity contribution in [2.75, 3.05) is 12.5 Å². The Hall–Kier alpha value is -1.19. The van der Waals surface area contributed by atoms with Crippen molar-refractivity contribution in [3.63, 3.8) is 0 Å². The van der Waals surface area contributed by atoms with E-state index in [1.54, 1.807) is 0 Å². The van der Waals surface area contributed by atoms with Gasteiger partial charge < -0.3 is 9.47 Å². The maximum Gasteiger partial charge on any atom is 0.137 e. The maximum atomic E-state index is 5.94. The number of hydrogen-bond acceptors (Lipinski definition) is 2. The second kappa shape index (κ2) is 9.84. The Balaban J connectivity index is 2.06. The first-order valence-electron chi connectivity index (χ1n) is 7.92. The van der Waals surface area contributed by atoms with E-state index in [0.717, 1.165) is 40.8 Å². The first kappa shape index (κ1) is 18.2. The zero-order valence-electron chi connectivity index (χ0n) is 13.4. The van der Waals surface area contributed by atoms with Gasteiger partial charge in [0.15, 0.2) is 0 Å². The molecule has 0 aliphatic heterocycles. The summed E-state index contributed by atoms with van der Waals surface area (Å²) in [6.07, 6.45) is 2.85. The van der Waals surface area contributed by atoms with Crippen LogP contribution in [-0.2, 0) is 13.0 Å². The molecule has 2 nitrogen and oxygen atoms in total. The topological polar surface area (TPSA) is 18.5 Å². The Morgan fingerprint density at radius 2 is 1.78 bits per heavy atom. The molecule has 2 aromatic rings. The van der Waals surface area contributed by atoms with Gasteiger partial charge in [0.1, 0.15) is 18.1 Å². The maximum absolute atomic E-state index is 5.94. The van der Waals surface area contributed by atoms with Crippen LogP contribution in [0.5, 0.6) is 11.5 Å². The minimum atomic E-state index is 0.538. The zero-order valence-corrected chi connectivity index (χ0v) is 15.7. The van der Waals surface area contributed by atoms with Crippen LogP contribution in [0.25, 0.3) is 0 Å². The quantitative estimate of drug-likeness (QED) is 0.382. The first-order chi connectivity index (χ1) is 11.2. The van der Waals surface area contributed by atoms with Gasteiger partial charge in [-0.15, -0.1) is 11.6 Å². The van der Waals surface area contributed by atoms with Crippen molar-refractivity contribution in [2.24, 2.45) is 0 Å². The molecule has 23 heavy (non-hydrogen) atoms. The molecule has 0 aliphatic carbocycles. The lowest BCUT2D eigenvalue weighted by atomic mass is 10.1. The molecule has 0 saturated heterocycles. The molecule has 0 heterocycles. The van der Waals surface area contributed by atoms with Crippen molar-refractivity contribution in [3.05, 3.63) is 58.1 Å². The summed E-state index contributed by atoms with van der Waals surface area (Å²) in [7, 11) is 0. The third-order valence-electron chi connectivity index (χ3n) is 3.52. The van der Waals surface area contributed by atoms with Gasteiger partial charge in [0.2, 0.25) is 0 Å². The number of rotatable bonds is 9. The SMILES string of the molecule is CCc1cc(Br)c(OCc2ccccc2)cc1OCCCCCl. The van der Waals surface area contributed by atoms with E-state index in [1.807, 2.05) is 24.3 Å². The molecule has 0 radical (unpaired) electrons. The van der Waals surface area contributed by atoms with E-state index in [9.17, 15) is 0 Å². The average molecular weight is 398 g/mol. The van der Waals surface area contributed by atoms with Gasteiger partial charge in [0.25, 0.3) is 0 Å². The smallest absolute Gasteiger partial charge is 0.137 e. The van der Waals surface area contributed by atoms with Crippen LogP contribution in [0.1, 0.15) is 30.9 Å². The van der Waals surface area contributed by atoms with Crippen LogP contribution in [-0.4, -0.2) is 12.5 Å². The van der Waals surface area contributed by atoms with Crippen molar-refractivity contribution >= 4 is 27.5 Å². The standard InChI is InChI=1S/C19H22BrClO2/c1-2-16-12-17(20)19(13-18(16)22-11-7-6-10-21)23-14-15-8-4-3-5-9-15/h3-5,8-9,12-13H,2,6-7,10-11,14H2,1H3. The highest BCUT2D eigenvalue weighted by Crippen LogP contribution is 2.34. The molecule has 0 N–H and O–H groups in total. The molecule has 0 atom stereocenters. The van der Waals surface area contributed by atoms with Gasteiger partial charge in [-0.1, -0.05) is 37.3 Å². The molecule has 0 unspecified atom stereocenters. The number of hydrogen-bond donors (Lipinski definition) is 0. The van der Waals surface area contributed by atoms with Crippen molar-refractivity contribution in [1.29, 1.82) is 0 Å². The lowest BCUT2D eigenvalue weighted by Gasteiger charge is -2.15. The number of ether oxygens (including phenoxy) is 2. The van der Waals surface area contributed by atoms with Crippen LogP contribution in [0.2, 0.25) is 0 Å². The second-order valence-corrected chi connectivity index (χ2v) is 6.50. The van der Waals surface area contributed by atoms with E-state index in [-0.39, 0.29) is 0 Å². The van der Waals surface area contributed by atoms with Crippen molar-refractivity contribution in [2.45, 2.75) is 32.8 Å². The minimum absolute atomic E-state index is 0.538. The summed E-state index contributed by atoms with van der Waals surface area (Å²) in [6.45, 7) is 3.34. The lowest BCUT2D eigenvalue weighted by molar-refractivity contribution is 0.289. The molecule has 0 bridgehead atoms. The van der Waals surface area contributed by atoms with E-state index >= 15 is 0 Å². The third-order valence-corrected chi connectivity index (χ3v) is 4.41. The number of benzene rings is 2. The highest BCUT2D eigenvalue weighted by Gasteiger charge is 2.10. The van der Waals surface area contributed by atoms with Crippen LogP contribution >= 0.6 is 27.5 Å². The second-order valence-electron chi connectivity index (χ2n) is 5.26. The fraction of sp³-hybridized carbons (Fsp3) is 0.368. The van der Waals surface area contributed by atoms with Gasteiger partial charge in [0, 0.05) is 11.9 Å². The van der Waals surface area contributed by atoms with Crippen LogP contribution in [0, 0.1) is 0 Å². The van der Waals surface area contributed by atoms with Gasteiger partial charge >= 0.3 is 0 Å². The Labute approximate surface area is 151 Å². The fourth-order valence-electron chi connectivity index (χ4n) is 2.21. The van der Waals surface area contributed by atoms with E-state index in [1.165, 1.54) is 5.56 Å². The van der Waals surface area contributed by atoms with Crippen molar-refractivity contribution in [3.8, 4) is 11.5 Å². The largest absolute Gasteiger partial charge is 0.493 e. The highest BCUT2D eigenvalue weighted by molar-refractivity contribution is 9.10. The summed E-state index contributed by atoms with van der Waals surface area (Å²) >= 11 is 9.30. The molecule has 4 heteroatoms. The summed E-state index contributed by atoms with van der Waals surface area (Å²) in [6, 6.07) is 14.2. The summed E-state index contributed by atoms with van der Waals surface area (Å²) in [5, 5.41) is 0. The van der Waals surface area contributed by atoms with Gasteiger partial charge in [0.05, 0.1) is 11.1 Å². The summed E-state index contributed by atoms with van der Waals surface area (Å²) in [5.74, 6) is 2.38. The number of unbranched alkanes of at least 4 members (excludes halogenated alkanes) is 1. The number of alkyl halides is 1. The van der Waals surface area contributed by atoms with Crippen LogP contribution in [0.15, 0.2) is 46.9 Å². The predicted molar refractivity (Wildman–Crippen MR) is 99.7 cm³/mol. The van der Waals surface area contributed by atoms with Crippen LogP contribution in [0.4, 0.5) is 0 Å². The van der Waals surface area contributed by atoms with Crippen molar-refractivity contribution < 1.29 is 9.47 Å². The van der Waals surface area contributed by atoms with Crippen LogP contribution < -0.4 is 9.47 Å². The van der Waals surface area contributed by atoms with E-state index in [0.29, 0.717) is 19.1 Å². The fourth-order valence-corrected chi connectivity index (χ4v) is 2.91. The average Bonchev–Trinajstić information content (AvgIpc) is 2.59. The van der Waals surface area contributed by atoms with Gasteiger partial charge in [-0.05, 0) is 52.4 Å². The number of halogens is 2. The molecule has 2 aromatic carbocycles. The Kier molecular flexibility index (Phi) is 7.77. The van der Waals surface area contributed by atoms with Gasteiger partial charge in [-0.25, -0.2) is 0 Å². The summed E-state index contributed by atoms with van der Waals surface area (Å²) in [4.78, 5) is 0. The third kappa shape index (κ3) is 5.74. The molecule has 0 saturated carbocycles. The molecule has 124 valence electrons. The molecular weight excluding hydrogens is 376 g/mol. The molecule has 0 fully saturated rings. The van der Waals surface area contributed by atoms with E-state index in [2.05, 4.69) is 41.1 Å².